The van der Waals surface area contributed by atoms with Crippen LogP contribution in [0, 0.1) is 0 Å². The first-order chi connectivity index (χ1) is 5.98. The molecule has 13 heavy (non-hydrogen) atoms. The largest absolute Gasteiger partial charge is 0.383 e. The summed E-state index contributed by atoms with van der Waals surface area (Å²) in [6.07, 6.45) is 0. The monoisotopic (exact) mass is 208 g/mol. The molecule has 0 aliphatic rings. The van der Waals surface area contributed by atoms with Gasteiger partial charge < -0.3 is 4.74 Å². The van der Waals surface area contributed by atoms with E-state index in [0.29, 0.717) is 6.61 Å². The van der Waals surface area contributed by atoms with Crippen LogP contribution in [0.2, 0.25) is 0 Å². The molecule has 0 aromatic heterocycles. The van der Waals surface area contributed by atoms with Crippen LogP contribution < -0.4 is 9.44 Å². The molecule has 6 heteroatoms. The van der Waals surface area contributed by atoms with Gasteiger partial charge in [0.1, 0.15) is 0 Å². The molecule has 0 aromatic rings. The zero-order chi connectivity index (χ0) is 10.3. The lowest BCUT2D eigenvalue weighted by Gasteiger charge is -2.06. The summed E-state index contributed by atoms with van der Waals surface area (Å²) in [6, 6.07) is 0. The maximum atomic E-state index is 11.1. The van der Waals surface area contributed by atoms with Gasteiger partial charge in [-0.2, -0.15) is 17.9 Å². The van der Waals surface area contributed by atoms with Gasteiger partial charge in [-0.25, -0.2) is 0 Å². The highest BCUT2D eigenvalue weighted by atomic mass is 32.2. The SMILES string of the molecule is C=C(C)CNS(=O)(=O)NCCOC. The van der Waals surface area contributed by atoms with Gasteiger partial charge >= 0.3 is 0 Å². The number of ether oxygens (including phenoxy) is 1. The maximum Gasteiger partial charge on any atom is 0.277 e. The number of hydrogen-bond donors (Lipinski definition) is 2. The first kappa shape index (κ1) is 12.6. The van der Waals surface area contributed by atoms with Crippen molar-refractivity contribution >= 4 is 10.2 Å². The highest BCUT2D eigenvalue weighted by Crippen LogP contribution is 1.84. The summed E-state index contributed by atoms with van der Waals surface area (Å²) in [5.74, 6) is 0. The van der Waals surface area contributed by atoms with Gasteiger partial charge in [-0.1, -0.05) is 12.2 Å². The van der Waals surface area contributed by atoms with Gasteiger partial charge in [-0.15, -0.1) is 0 Å². The van der Waals surface area contributed by atoms with Gasteiger partial charge in [0.25, 0.3) is 10.2 Å². The lowest BCUT2D eigenvalue weighted by Crippen LogP contribution is -2.38. The van der Waals surface area contributed by atoms with Gasteiger partial charge in [-0.3, -0.25) is 0 Å². The lowest BCUT2D eigenvalue weighted by atomic mass is 10.4. The molecule has 0 fully saturated rings. The number of nitrogens with one attached hydrogen (secondary N) is 2. The quantitative estimate of drug-likeness (QED) is 0.443. The van der Waals surface area contributed by atoms with E-state index < -0.39 is 10.2 Å². The molecule has 0 saturated heterocycles. The summed E-state index contributed by atoms with van der Waals surface area (Å²) in [5.41, 5.74) is 0.761. The van der Waals surface area contributed by atoms with E-state index in [0.717, 1.165) is 5.57 Å². The summed E-state index contributed by atoms with van der Waals surface area (Å²) in [6.45, 7) is 6.20. The van der Waals surface area contributed by atoms with Crippen LogP contribution in [-0.4, -0.2) is 35.2 Å². The summed E-state index contributed by atoms with van der Waals surface area (Å²) < 4.78 is 31.5. The third-order valence-corrected chi connectivity index (χ3v) is 2.27. The molecule has 2 N–H and O–H groups in total. The summed E-state index contributed by atoms with van der Waals surface area (Å²) in [4.78, 5) is 0. The van der Waals surface area contributed by atoms with Gasteiger partial charge in [0, 0.05) is 20.2 Å². The standard InChI is InChI=1S/C7H16N2O3S/c1-7(2)6-9-13(10,11)8-4-5-12-3/h8-9H,1,4-6H2,2-3H3. The van der Waals surface area contributed by atoms with Gasteiger partial charge in [-0.05, 0) is 6.92 Å². The Bertz CT molecular complexity index is 248. The molecule has 0 rings (SSSR count). The second-order valence-corrected chi connectivity index (χ2v) is 4.25. The van der Waals surface area contributed by atoms with E-state index in [4.69, 9.17) is 4.74 Å². The second kappa shape index (κ2) is 6.09. The summed E-state index contributed by atoms with van der Waals surface area (Å²) in [5, 5.41) is 0. The van der Waals surface area contributed by atoms with Gasteiger partial charge in [0.05, 0.1) is 6.61 Å². The Morgan fingerprint density at radius 1 is 1.46 bits per heavy atom. The molecule has 0 radical (unpaired) electrons. The Hall–Kier alpha value is -0.430. The van der Waals surface area contributed by atoms with Gasteiger partial charge in [0.15, 0.2) is 0 Å². The highest BCUT2D eigenvalue weighted by Gasteiger charge is 2.06. The Balaban J connectivity index is 3.74. The van der Waals surface area contributed by atoms with Crippen molar-refractivity contribution < 1.29 is 13.2 Å². The van der Waals surface area contributed by atoms with E-state index in [1.54, 1.807) is 6.92 Å². The molecule has 0 aliphatic heterocycles. The average Bonchev–Trinajstić information content (AvgIpc) is 2.02. The smallest absolute Gasteiger partial charge is 0.277 e. The summed E-state index contributed by atoms with van der Waals surface area (Å²) >= 11 is 0. The Kier molecular flexibility index (Phi) is 5.89. The van der Waals surface area contributed by atoms with Crippen LogP contribution in [0.1, 0.15) is 6.92 Å². The average molecular weight is 208 g/mol. The Labute approximate surface area is 79.3 Å². The molecule has 0 amide bonds. The fourth-order valence-corrected chi connectivity index (χ4v) is 1.44. The third-order valence-electron chi connectivity index (χ3n) is 1.16. The highest BCUT2D eigenvalue weighted by molar-refractivity contribution is 7.87. The van der Waals surface area contributed by atoms with E-state index in [9.17, 15) is 8.42 Å². The topological polar surface area (TPSA) is 67.4 Å². The van der Waals surface area contributed by atoms with Crippen molar-refractivity contribution in [3.8, 4) is 0 Å². The van der Waals surface area contributed by atoms with E-state index in [2.05, 4.69) is 16.0 Å². The fraction of sp³-hybridized carbons (Fsp3) is 0.714. The molecule has 0 aromatic carbocycles. The van der Waals surface area contributed by atoms with Crippen molar-refractivity contribution in [3.05, 3.63) is 12.2 Å². The molecule has 0 atom stereocenters. The first-order valence-electron chi connectivity index (χ1n) is 3.85. The van der Waals surface area contributed by atoms with Crippen LogP contribution in [0.5, 0.6) is 0 Å². The van der Waals surface area contributed by atoms with Crippen molar-refractivity contribution in [2.75, 3.05) is 26.8 Å². The van der Waals surface area contributed by atoms with E-state index in [-0.39, 0.29) is 13.1 Å². The predicted molar refractivity (Wildman–Crippen MR) is 51.6 cm³/mol. The molecule has 5 nitrogen and oxygen atoms in total. The molecule has 0 spiro atoms. The van der Waals surface area contributed by atoms with Crippen molar-refractivity contribution in [2.45, 2.75) is 6.92 Å². The number of hydrogen-bond acceptors (Lipinski definition) is 3. The summed E-state index contributed by atoms with van der Waals surface area (Å²) in [7, 11) is -1.88. The predicted octanol–water partition coefficient (Wildman–Crippen LogP) is -0.367. The minimum absolute atomic E-state index is 0.252. The van der Waals surface area contributed by atoms with Crippen LogP contribution in [0.25, 0.3) is 0 Å². The van der Waals surface area contributed by atoms with Crippen LogP contribution in [0.4, 0.5) is 0 Å². The minimum atomic E-state index is -3.39. The zero-order valence-electron chi connectivity index (χ0n) is 7.96. The van der Waals surface area contributed by atoms with Crippen LogP contribution >= 0.6 is 0 Å². The van der Waals surface area contributed by atoms with Crippen LogP contribution in [0.15, 0.2) is 12.2 Å². The van der Waals surface area contributed by atoms with E-state index in [1.165, 1.54) is 7.11 Å². The fourth-order valence-electron chi connectivity index (χ4n) is 0.547. The first-order valence-corrected chi connectivity index (χ1v) is 5.34. The van der Waals surface area contributed by atoms with Crippen LogP contribution in [0.3, 0.4) is 0 Å². The van der Waals surface area contributed by atoms with Crippen molar-refractivity contribution in [3.63, 3.8) is 0 Å². The molecular formula is C7H16N2O3S. The van der Waals surface area contributed by atoms with Gasteiger partial charge in [0.2, 0.25) is 0 Å². The second-order valence-electron chi connectivity index (χ2n) is 2.67. The maximum absolute atomic E-state index is 11.1. The molecule has 0 heterocycles. The number of rotatable bonds is 7. The van der Waals surface area contributed by atoms with E-state index in [1.807, 2.05) is 0 Å². The molecule has 0 aliphatic carbocycles. The minimum Gasteiger partial charge on any atom is -0.383 e. The Morgan fingerprint density at radius 2 is 2.08 bits per heavy atom. The lowest BCUT2D eigenvalue weighted by molar-refractivity contribution is 0.204. The van der Waals surface area contributed by atoms with Crippen molar-refractivity contribution in [2.24, 2.45) is 0 Å². The molecule has 0 saturated carbocycles. The molecular weight excluding hydrogens is 192 g/mol. The number of methoxy groups -OCH3 is 1. The molecule has 0 unspecified atom stereocenters. The van der Waals surface area contributed by atoms with Crippen LogP contribution in [-0.2, 0) is 14.9 Å². The normalized spacial score (nSPS) is 11.5. The zero-order valence-corrected chi connectivity index (χ0v) is 8.78. The Morgan fingerprint density at radius 3 is 2.54 bits per heavy atom. The molecule has 78 valence electrons. The third kappa shape index (κ3) is 7.92. The van der Waals surface area contributed by atoms with E-state index >= 15 is 0 Å². The molecule has 0 bridgehead atoms. The van der Waals surface area contributed by atoms with Crippen molar-refractivity contribution in [1.82, 2.24) is 9.44 Å². The van der Waals surface area contributed by atoms with Crippen molar-refractivity contribution in [1.29, 1.82) is 0 Å².